The normalized spacial score (nSPS) is 17.9. The highest BCUT2D eigenvalue weighted by Crippen LogP contribution is 2.42. The van der Waals surface area contributed by atoms with Crippen LogP contribution in [0.3, 0.4) is 0 Å². The lowest BCUT2D eigenvalue weighted by Crippen LogP contribution is -2.26. The Kier molecular flexibility index (Phi) is 3.86. The Balaban J connectivity index is 1.76. The minimum atomic E-state index is 0.213. The van der Waals surface area contributed by atoms with Crippen molar-refractivity contribution in [1.29, 1.82) is 0 Å². The van der Waals surface area contributed by atoms with Gasteiger partial charge in [-0.1, -0.05) is 23.7 Å². The van der Waals surface area contributed by atoms with Gasteiger partial charge in [0.15, 0.2) is 0 Å². The van der Waals surface area contributed by atoms with E-state index in [1.54, 1.807) is 0 Å². The van der Waals surface area contributed by atoms with E-state index in [-0.39, 0.29) is 6.04 Å². The second-order valence-electron chi connectivity index (χ2n) is 5.70. The van der Waals surface area contributed by atoms with Gasteiger partial charge in [0.1, 0.15) is 11.5 Å². The van der Waals surface area contributed by atoms with Crippen molar-refractivity contribution >= 4 is 11.6 Å². The van der Waals surface area contributed by atoms with E-state index in [4.69, 9.17) is 16.0 Å². The Labute approximate surface area is 125 Å². The monoisotopic (exact) mass is 289 g/mol. The van der Waals surface area contributed by atoms with Crippen LogP contribution in [0.5, 0.6) is 0 Å². The van der Waals surface area contributed by atoms with Crippen molar-refractivity contribution in [1.82, 2.24) is 5.32 Å². The molecule has 1 N–H and O–H groups in total. The molecule has 0 amide bonds. The molecule has 0 saturated heterocycles. The molecule has 2 aromatic rings. The third-order valence-electron chi connectivity index (χ3n) is 3.94. The van der Waals surface area contributed by atoms with E-state index in [2.05, 4.69) is 30.4 Å². The van der Waals surface area contributed by atoms with Crippen molar-refractivity contribution < 1.29 is 4.42 Å². The first-order valence-corrected chi connectivity index (χ1v) is 7.59. The zero-order valence-corrected chi connectivity index (χ0v) is 12.7. The maximum atomic E-state index is 5.98. The molecule has 1 aliphatic rings. The van der Waals surface area contributed by atoms with E-state index in [0.29, 0.717) is 6.04 Å². The number of hydrogen-bond acceptors (Lipinski definition) is 2. The smallest absolute Gasteiger partial charge is 0.120 e. The fraction of sp³-hybridized carbons (Fsp3) is 0.412. The lowest BCUT2D eigenvalue weighted by atomic mass is 10.0. The molecule has 1 aromatic carbocycles. The van der Waals surface area contributed by atoms with Crippen LogP contribution in [0.25, 0.3) is 0 Å². The van der Waals surface area contributed by atoms with Crippen molar-refractivity contribution in [2.75, 3.05) is 0 Å². The third kappa shape index (κ3) is 3.08. The summed E-state index contributed by atoms with van der Waals surface area (Å²) in [6.45, 7) is 4.14. The first kappa shape index (κ1) is 13.7. The summed E-state index contributed by atoms with van der Waals surface area (Å²) in [5, 5.41) is 4.50. The quantitative estimate of drug-likeness (QED) is 0.834. The molecule has 1 heterocycles. The number of aryl methyl sites for hydroxylation is 1. The molecule has 0 aliphatic heterocycles. The van der Waals surface area contributed by atoms with Gasteiger partial charge in [0.05, 0.1) is 6.04 Å². The number of rotatable bonds is 5. The van der Waals surface area contributed by atoms with E-state index >= 15 is 0 Å². The summed E-state index contributed by atoms with van der Waals surface area (Å²) in [7, 11) is 0. The molecule has 20 heavy (non-hydrogen) atoms. The van der Waals surface area contributed by atoms with Crippen LogP contribution in [0.4, 0.5) is 0 Å². The minimum Gasteiger partial charge on any atom is -0.465 e. The van der Waals surface area contributed by atoms with Crippen molar-refractivity contribution in [3.8, 4) is 0 Å². The highest BCUT2D eigenvalue weighted by Gasteiger charge is 2.33. The first-order valence-electron chi connectivity index (χ1n) is 7.21. The molecule has 1 fully saturated rings. The van der Waals surface area contributed by atoms with E-state index in [1.807, 2.05) is 25.1 Å². The standard InChI is InChI=1S/C17H20ClNO/c1-11-3-10-16(20-11)12(2)19-17(13-4-5-13)14-6-8-15(18)9-7-14/h3,6-10,12-13,17,19H,4-5H2,1-2H3. The average Bonchev–Trinajstić information content (AvgIpc) is 3.18. The van der Waals surface area contributed by atoms with Gasteiger partial charge in [-0.3, -0.25) is 0 Å². The predicted octanol–water partition coefficient (Wildman–Crippen LogP) is 5.04. The molecule has 0 radical (unpaired) electrons. The maximum Gasteiger partial charge on any atom is 0.120 e. The van der Waals surface area contributed by atoms with Gasteiger partial charge < -0.3 is 9.73 Å². The van der Waals surface area contributed by atoms with Gasteiger partial charge in [-0.15, -0.1) is 0 Å². The topological polar surface area (TPSA) is 25.2 Å². The summed E-state index contributed by atoms with van der Waals surface area (Å²) >= 11 is 5.98. The molecule has 0 spiro atoms. The molecule has 2 atom stereocenters. The zero-order chi connectivity index (χ0) is 14.1. The van der Waals surface area contributed by atoms with E-state index in [9.17, 15) is 0 Å². The predicted molar refractivity (Wildman–Crippen MR) is 81.9 cm³/mol. The number of hydrogen-bond donors (Lipinski definition) is 1. The fourth-order valence-electron chi connectivity index (χ4n) is 2.64. The van der Waals surface area contributed by atoms with Gasteiger partial charge in [-0.2, -0.15) is 0 Å². The van der Waals surface area contributed by atoms with Gasteiger partial charge in [-0.05, 0) is 62.4 Å². The summed E-state index contributed by atoms with van der Waals surface area (Å²) in [6.07, 6.45) is 2.59. The molecule has 3 heteroatoms. The first-order chi connectivity index (χ1) is 9.63. The van der Waals surface area contributed by atoms with Gasteiger partial charge in [-0.25, -0.2) is 0 Å². The molecule has 0 bridgehead atoms. The van der Waals surface area contributed by atoms with E-state index in [1.165, 1.54) is 18.4 Å². The Hall–Kier alpha value is -1.25. The van der Waals surface area contributed by atoms with Crippen molar-refractivity contribution in [2.24, 2.45) is 5.92 Å². The van der Waals surface area contributed by atoms with Crippen LogP contribution in [0.15, 0.2) is 40.8 Å². The lowest BCUT2D eigenvalue weighted by Gasteiger charge is -2.22. The fourth-order valence-corrected chi connectivity index (χ4v) is 2.77. The van der Waals surface area contributed by atoms with Crippen LogP contribution in [0.1, 0.15) is 48.9 Å². The van der Waals surface area contributed by atoms with Gasteiger partial charge in [0.2, 0.25) is 0 Å². The summed E-state index contributed by atoms with van der Waals surface area (Å²) in [5.41, 5.74) is 1.31. The minimum absolute atomic E-state index is 0.213. The number of nitrogens with one attached hydrogen (secondary N) is 1. The lowest BCUT2D eigenvalue weighted by molar-refractivity contribution is 0.365. The zero-order valence-electron chi connectivity index (χ0n) is 11.9. The second-order valence-corrected chi connectivity index (χ2v) is 6.14. The SMILES string of the molecule is Cc1ccc(C(C)NC(c2ccc(Cl)cc2)C2CC2)o1. The summed E-state index contributed by atoms with van der Waals surface area (Å²) in [6, 6.07) is 12.8. The number of halogens is 1. The highest BCUT2D eigenvalue weighted by atomic mass is 35.5. The molecular formula is C17H20ClNO. The van der Waals surface area contributed by atoms with Crippen LogP contribution >= 0.6 is 11.6 Å². The number of benzene rings is 1. The van der Waals surface area contributed by atoms with Crippen LogP contribution < -0.4 is 5.32 Å². The molecule has 1 aromatic heterocycles. The molecule has 2 nitrogen and oxygen atoms in total. The van der Waals surface area contributed by atoms with E-state index < -0.39 is 0 Å². The Morgan fingerprint density at radius 2 is 1.85 bits per heavy atom. The molecule has 2 unspecified atom stereocenters. The van der Waals surface area contributed by atoms with Crippen molar-refractivity contribution in [3.63, 3.8) is 0 Å². The van der Waals surface area contributed by atoms with Gasteiger partial charge in [0, 0.05) is 11.1 Å². The average molecular weight is 290 g/mol. The summed E-state index contributed by atoms with van der Waals surface area (Å²) in [5.74, 6) is 2.69. The molecule has 1 saturated carbocycles. The molecular weight excluding hydrogens is 270 g/mol. The van der Waals surface area contributed by atoms with Crippen LogP contribution in [-0.4, -0.2) is 0 Å². The Morgan fingerprint density at radius 3 is 2.40 bits per heavy atom. The molecule has 1 aliphatic carbocycles. The van der Waals surface area contributed by atoms with E-state index in [0.717, 1.165) is 22.5 Å². The maximum absolute atomic E-state index is 5.98. The Morgan fingerprint density at radius 1 is 1.15 bits per heavy atom. The van der Waals surface area contributed by atoms with Gasteiger partial charge >= 0.3 is 0 Å². The Bertz CT molecular complexity index is 571. The van der Waals surface area contributed by atoms with Crippen molar-refractivity contribution in [3.05, 3.63) is 58.5 Å². The second kappa shape index (κ2) is 5.63. The number of furan rings is 1. The summed E-state index contributed by atoms with van der Waals surface area (Å²) < 4.78 is 5.72. The van der Waals surface area contributed by atoms with Crippen molar-refractivity contribution in [2.45, 2.75) is 38.8 Å². The largest absolute Gasteiger partial charge is 0.465 e. The molecule has 106 valence electrons. The van der Waals surface area contributed by atoms with Crippen LogP contribution in [0.2, 0.25) is 5.02 Å². The molecule has 3 rings (SSSR count). The third-order valence-corrected chi connectivity index (χ3v) is 4.19. The van der Waals surface area contributed by atoms with Crippen LogP contribution in [-0.2, 0) is 0 Å². The van der Waals surface area contributed by atoms with Gasteiger partial charge in [0.25, 0.3) is 0 Å². The highest BCUT2D eigenvalue weighted by molar-refractivity contribution is 6.30. The van der Waals surface area contributed by atoms with Crippen LogP contribution in [0, 0.1) is 12.8 Å². The summed E-state index contributed by atoms with van der Waals surface area (Å²) in [4.78, 5) is 0.